The molecule has 0 spiro atoms. The molecule has 2 rings (SSSR count). The number of pyridine rings is 1. The fraction of sp³-hybridized carbons (Fsp3) is 0.143. The van der Waals surface area contributed by atoms with Crippen LogP contribution in [0.4, 0.5) is 5.82 Å². The van der Waals surface area contributed by atoms with Gasteiger partial charge in [0.25, 0.3) is 0 Å². The van der Waals surface area contributed by atoms with Gasteiger partial charge in [-0.1, -0.05) is 29.8 Å². The summed E-state index contributed by atoms with van der Waals surface area (Å²) in [5.41, 5.74) is 3.06. The maximum Gasteiger partial charge on any atom is 0.127 e. The van der Waals surface area contributed by atoms with Crippen molar-refractivity contribution in [2.75, 3.05) is 5.32 Å². The van der Waals surface area contributed by atoms with Crippen LogP contribution in [0.1, 0.15) is 16.7 Å². The molecule has 0 fully saturated rings. The van der Waals surface area contributed by atoms with E-state index >= 15 is 0 Å². The summed E-state index contributed by atoms with van der Waals surface area (Å²) in [7, 11) is 0. The fourth-order valence-electron chi connectivity index (χ4n) is 1.50. The number of anilines is 1. The van der Waals surface area contributed by atoms with E-state index in [-0.39, 0.29) is 0 Å². The largest absolute Gasteiger partial charge is 0.366 e. The Balaban J connectivity index is 2.02. The van der Waals surface area contributed by atoms with Crippen molar-refractivity contribution in [2.24, 2.45) is 0 Å². The van der Waals surface area contributed by atoms with E-state index < -0.39 is 0 Å². The van der Waals surface area contributed by atoms with Gasteiger partial charge < -0.3 is 5.32 Å². The highest BCUT2D eigenvalue weighted by Gasteiger charge is 1.97. The number of nitriles is 1. The van der Waals surface area contributed by atoms with E-state index in [1.54, 1.807) is 18.3 Å². The van der Waals surface area contributed by atoms with Gasteiger partial charge in [-0.25, -0.2) is 4.98 Å². The molecule has 1 aromatic heterocycles. The first-order valence-corrected chi connectivity index (χ1v) is 5.43. The third kappa shape index (κ3) is 3.05. The van der Waals surface area contributed by atoms with Crippen LogP contribution in [0, 0.1) is 18.3 Å². The molecule has 1 N–H and O–H groups in total. The standard InChI is InChI=1S/C14H13N3/c1-11-2-4-12(5-3-11)10-17-14-8-13(9-15)6-7-16-14/h2-8H,10H2,1H3,(H,16,17). The van der Waals surface area contributed by atoms with E-state index in [4.69, 9.17) is 5.26 Å². The first kappa shape index (κ1) is 11.2. The van der Waals surface area contributed by atoms with E-state index in [1.807, 2.05) is 0 Å². The molecule has 3 heteroatoms. The zero-order valence-electron chi connectivity index (χ0n) is 9.64. The Morgan fingerprint density at radius 1 is 1.24 bits per heavy atom. The molecular formula is C14H13N3. The number of hydrogen-bond donors (Lipinski definition) is 1. The van der Waals surface area contributed by atoms with Crippen molar-refractivity contribution in [3.05, 3.63) is 59.3 Å². The van der Waals surface area contributed by atoms with Gasteiger partial charge in [-0.05, 0) is 24.6 Å². The normalized spacial score (nSPS) is 9.65. The number of aromatic nitrogens is 1. The van der Waals surface area contributed by atoms with Crippen molar-refractivity contribution in [1.82, 2.24) is 4.98 Å². The third-order valence-corrected chi connectivity index (χ3v) is 2.48. The first-order chi connectivity index (χ1) is 8.28. The van der Waals surface area contributed by atoms with E-state index in [2.05, 4.69) is 47.6 Å². The van der Waals surface area contributed by atoms with Gasteiger partial charge in [0.2, 0.25) is 0 Å². The van der Waals surface area contributed by atoms with Gasteiger partial charge in [0.1, 0.15) is 5.82 Å². The van der Waals surface area contributed by atoms with Crippen LogP contribution < -0.4 is 5.32 Å². The summed E-state index contributed by atoms with van der Waals surface area (Å²) in [6, 6.07) is 13.8. The molecule has 1 aromatic carbocycles. The molecule has 84 valence electrons. The van der Waals surface area contributed by atoms with Gasteiger partial charge in [-0.15, -0.1) is 0 Å². The van der Waals surface area contributed by atoms with Gasteiger partial charge >= 0.3 is 0 Å². The van der Waals surface area contributed by atoms with Crippen LogP contribution in [0.3, 0.4) is 0 Å². The predicted octanol–water partition coefficient (Wildman–Crippen LogP) is 2.87. The summed E-state index contributed by atoms with van der Waals surface area (Å²) in [6.07, 6.45) is 1.63. The molecule has 2 aromatic rings. The molecule has 17 heavy (non-hydrogen) atoms. The van der Waals surface area contributed by atoms with Crippen LogP contribution in [-0.2, 0) is 6.54 Å². The third-order valence-electron chi connectivity index (χ3n) is 2.48. The summed E-state index contributed by atoms with van der Waals surface area (Å²) < 4.78 is 0. The Bertz CT molecular complexity index is 538. The molecule has 3 nitrogen and oxygen atoms in total. The zero-order valence-corrected chi connectivity index (χ0v) is 9.64. The average molecular weight is 223 g/mol. The number of nitrogens with one attached hydrogen (secondary N) is 1. The number of rotatable bonds is 3. The van der Waals surface area contributed by atoms with Gasteiger partial charge in [0.05, 0.1) is 11.6 Å². The minimum Gasteiger partial charge on any atom is -0.366 e. The Hall–Kier alpha value is -2.34. The second-order valence-corrected chi connectivity index (χ2v) is 3.88. The maximum atomic E-state index is 8.77. The van der Waals surface area contributed by atoms with E-state index in [1.165, 1.54) is 11.1 Å². The summed E-state index contributed by atoms with van der Waals surface area (Å²) in [6.45, 7) is 2.78. The van der Waals surface area contributed by atoms with Crippen LogP contribution in [0.2, 0.25) is 0 Å². The Morgan fingerprint density at radius 3 is 2.71 bits per heavy atom. The van der Waals surface area contributed by atoms with Crippen LogP contribution in [-0.4, -0.2) is 4.98 Å². The summed E-state index contributed by atoms with van der Waals surface area (Å²) in [5.74, 6) is 0.727. The highest BCUT2D eigenvalue weighted by molar-refractivity contribution is 5.42. The maximum absolute atomic E-state index is 8.77. The second kappa shape index (κ2) is 5.13. The minimum atomic E-state index is 0.617. The number of aryl methyl sites for hydroxylation is 1. The van der Waals surface area contributed by atoms with Gasteiger partial charge in [-0.3, -0.25) is 0 Å². The van der Waals surface area contributed by atoms with E-state index in [0.717, 1.165) is 5.82 Å². The number of benzene rings is 1. The molecule has 0 atom stereocenters. The molecule has 0 saturated carbocycles. The van der Waals surface area contributed by atoms with Crippen molar-refractivity contribution in [2.45, 2.75) is 13.5 Å². The van der Waals surface area contributed by atoms with Crippen molar-refractivity contribution in [1.29, 1.82) is 5.26 Å². The highest BCUT2D eigenvalue weighted by atomic mass is 15.0. The van der Waals surface area contributed by atoms with Gasteiger partial charge in [-0.2, -0.15) is 5.26 Å². The molecule has 0 unspecified atom stereocenters. The monoisotopic (exact) mass is 223 g/mol. The smallest absolute Gasteiger partial charge is 0.127 e. The average Bonchev–Trinajstić information content (AvgIpc) is 2.38. The molecule has 0 aliphatic heterocycles. The Kier molecular flexibility index (Phi) is 3.37. The SMILES string of the molecule is Cc1ccc(CNc2cc(C#N)ccn2)cc1. The van der Waals surface area contributed by atoms with Gasteiger partial charge in [0, 0.05) is 12.7 Å². The lowest BCUT2D eigenvalue weighted by Gasteiger charge is -2.05. The lowest BCUT2D eigenvalue weighted by atomic mass is 10.1. The molecular weight excluding hydrogens is 210 g/mol. The van der Waals surface area contributed by atoms with Crippen LogP contribution in [0.25, 0.3) is 0 Å². The first-order valence-electron chi connectivity index (χ1n) is 5.43. The topological polar surface area (TPSA) is 48.7 Å². The van der Waals surface area contributed by atoms with Crippen molar-refractivity contribution in [3.8, 4) is 6.07 Å². The molecule has 1 heterocycles. The summed E-state index contributed by atoms with van der Waals surface area (Å²) >= 11 is 0. The quantitative estimate of drug-likeness (QED) is 0.870. The molecule has 0 aliphatic rings. The Labute approximate surface area is 101 Å². The number of hydrogen-bond acceptors (Lipinski definition) is 3. The Morgan fingerprint density at radius 2 is 2.00 bits per heavy atom. The van der Waals surface area contributed by atoms with Crippen molar-refractivity contribution in [3.63, 3.8) is 0 Å². The van der Waals surface area contributed by atoms with Crippen molar-refractivity contribution < 1.29 is 0 Å². The van der Waals surface area contributed by atoms with Crippen LogP contribution in [0.15, 0.2) is 42.6 Å². The van der Waals surface area contributed by atoms with Gasteiger partial charge in [0.15, 0.2) is 0 Å². The second-order valence-electron chi connectivity index (χ2n) is 3.88. The summed E-state index contributed by atoms with van der Waals surface area (Å²) in [5, 5.41) is 12.0. The van der Waals surface area contributed by atoms with Crippen molar-refractivity contribution >= 4 is 5.82 Å². The lowest BCUT2D eigenvalue weighted by molar-refractivity contribution is 1.11. The molecule has 0 amide bonds. The van der Waals surface area contributed by atoms with Crippen LogP contribution in [0.5, 0.6) is 0 Å². The molecule has 0 bridgehead atoms. The predicted molar refractivity (Wildman–Crippen MR) is 67.5 cm³/mol. The summed E-state index contributed by atoms with van der Waals surface area (Å²) in [4.78, 5) is 4.16. The molecule has 0 saturated heterocycles. The molecule has 0 radical (unpaired) electrons. The van der Waals surface area contributed by atoms with E-state index in [9.17, 15) is 0 Å². The fourth-order valence-corrected chi connectivity index (χ4v) is 1.50. The highest BCUT2D eigenvalue weighted by Crippen LogP contribution is 2.09. The number of nitrogens with zero attached hydrogens (tertiary/aromatic N) is 2. The zero-order chi connectivity index (χ0) is 12.1. The van der Waals surface area contributed by atoms with Crippen LogP contribution >= 0.6 is 0 Å². The molecule has 0 aliphatic carbocycles. The lowest BCUT2D eigenvalue weighted by Crippen LogP contribution is -2.01. The van der Waals surface area contributed by atoms with E-state index in [0.29, 0.717) is 12.1 Å². The minimum absolute atomic E-state index is 0.617.